The lowest BCUT2D eigenvalue weighted by Crippen LogP contribution is -2.35. The van der Waals surface area contributed by atoms with Crippen molar-refractivity contribution in [3.8, 4) is 11.1 Å². The number of sulfonamides is 1. The van der Waals surface area contributed by atoms with Gasteiger partial charge >= 0.3 is 0 Å². The van der Waals surface area contributed by atoms with Gasteiger partial charge in [0.05, 0.1) is 21.5 Å². The van der Waals surface area contributed by atoms with Crippen molar-refractivity contribution in [3.05, 3.63) is 148 Å². The first-order chi connectivity index (χ1) is 27.8. The number of nitrogens with one attached hydrogen (secondary N) is 2. The van der Waals surface area contributed by atoms with Crippen LogP contribution < -0.4 is 14.9 Å². The fourth-order valence-corrected chi connectivity index (χ4v) is 10.1. The third-order valence-corrected chi connectivity index (χ3v) is 13.9. The Morgan fingerprint density at radius 2 is 1.64 bits per heavy atom. The predicted molar refractivity (Wildman–Crippen MR) is 231 cm³/mol. The van der Waals surface area contributed by atoms with Crippen LogP contribution in [-0.4, -0.2) is 74.3 Å². The van der Waals surface area contributed by atoms with Crippen LogP contribution in [0.5, 0.6) is 0 Å². The summed E-state index contributed by atoms with van der Waals surface area (Å²) >= 11 is 7.77. The van der Waals surface area contributed by atoms with Crippen LogP contribution in [0.3, 0.4) is 0 Å². The van der Waals surface area contributed by atoms with Crippen LogP contribution in [0, 0.1) is 22.0 Å². The third-order valence-electron chi connectivity index (χ3n) is 11.1. The predicted octanol–water partition coefficient (Wildman–Crippen LogP) is 8.51. The Balaban J connectivity index is 0.979. The number of aliphatic hydroxyl groups is 1. The third kappa shape index (κ3) is 9.51. The Bertz CT molecular complexity index is 2360. The van der Waals surface area contributed by atoms with E-state index in [0.717, 1.165) is 59.1 Å². The summed E-state index contributed by atoms with van der Waals surface area (Å²) in [5, 5.41) is 27.9. The van der Waals surface area contributed by atoms with Gasteiger partial charge in [-0.15, -0.1) is 11.8 Å². The fourth-order valence-electron chi connectivity index (χ4n) is 7.80. The van der Waals surface area contributed by atoms with Crippen LogP contribution >= 0.6 is 23.4 Å². The van der Waals surface area contributed by atoms with E-state index in [-0.39, 0.29) is 33.7 Å². The zero-order chi connectivity index (χ0) is 41.0. The molecule has 1 heterocycles. The fraction of sp³-hybridized carbons (Fsp3) is 0.295. The average Bonchev–Trinajstić information content (AvgIpc) is 3.90. The highest BCUT2D eigenvalue weighted by Gasteiger charge is 2.54. The minimum atomic E-state index is -4.45. The zero-order valence-electron chi connectivity index (χ0n) is 32.3. The molecule has 0 bridgehead atoms. The van der Waals surface area contributed by atoms with Gasteiger partial charge in [0.1, 0.15) is 5.69 Å². The maximum atomic E-state index is 13.4. The number of piperidine rings is 1. The minimum Gasteiger partial charge on any atom is -0.388 e. The van der Waals surface area contributed by atoms with Gasteiger partial charge in [-0.1, -0.05) is 66.2 Å². The molecule has 3 atom stereocenters. The molecule has 0 radical (unpaired) electrons. The molecule has 5 aromatic carbocycles. The highest BCUT2D eigenvalue weighted by Crippen LogP contribution is 2.50. The van der Waals surface area contributed by atoms with Gasteiger partial charge in [0.15, 0.2) is 0 Å². The molecule has 5 aromatic rings. The van der Waals surface area contributed by atoms with Crippen LogP contribution in [0.25, 0.3) is 11.1 Å². The molecule has 2 unspecified atom stereocenters. The van der Waals surface area contributed by atoms with Gasteiger partial charge in [0, 0.05) is 52.6 Å². The number of hydrogen-bond donors (Lipinski definition) is 3. The number of nitro benzene ring substituents is 1. The maximum absolute atomic E-state index is 13.4. The SMILES string of the molecule is CN(C)CC1CC1(CSc1ccccc1)Nc1ccc(S(=O)(=O)NC(=O)c2ccc(N3CCC([C@@H](O)c4ccccc4-c4ccc(Cl)cc4)CC3)cc2)cc1[N+](=O)[O-]. The summed E-state index contributed by atoms with van der Waals surface area (Å²) < 4.78 is 29.0. The Kier molecular flexibility index (Phi) is 12.5. The molecule has 7 rings (SSSR count). The topological polar surface area (TPSA) is 145 Å². The van der Waals surface area contributed by atoms with Gasteiger partial charge in [0.25, 0.3) is 21.6 Å². The van der Waals surface area contributed by atoms with Gasteiger partial charge in [-0.2, -0.15) is 0 Å². The van der Waals surface area contributed by atoms with Gasteiger partial charge in [-0.3, -0.25) is 14.9 Å². The van der Waals surface area contributed by atoms with E-state index in [9.17, 15) is 28.4 Å². The molecule has 3 N–H and O–H groups in total. The van der Waals surface area contributed by atoms with Crippen LogP contribution in [0.2, 0.25) is 5.02 Å². The lowest BCUT2D eigenvalue weighted by Gasteiger charge is -2.36. The van der Waals surface area contributed by atoms with E-state index in [2.05, 4.69) is 19.8 Å². The van der Waals surface area contributed by atoms with E-state index in [1.54, 1.807) is 36.0 Å². The van der Waals surface area contributed by atoms with Crippen LogP contribution in [0.1, 0.15) is 41.3 Å². The number of amides is 1. The number of hydrogen-bond acceptors (Lipinski definition) is 10. The second-order valence-corrected chi connectivity index (χ2v) is 18.5. The van der Waals surface area contributed by atoms with E-state index >= 15 is 0 Å². The first kappa shape index (κ1) is 41.2. The summed E-state index contributed by atoms with van der Waals surface area (Å²) in [5.41, 5.74) is 3.26. The highest BCUT2D eigenvalue weighted by molar-refractivity contribution is 7.99. The average molecular weight is 840 g/mol. The lowest BCUT2D eigenvalue weighted by molar-refractivity contribution is -0.384. The second kappa shape index (κ2) is 17.5. The van der Waals surface area contributed by atoms with Crippen molar-refractivity contribution in [2.45, 2.75) is 40.7 Å². The van der Waals surface area contributed by atoms with E-state index in [4.69, 9.17) is 11.6 Å². The van der Waals surface area contributed by atoms with Crippen molar-refractivity contribution in [2.24, 2.45) is 11.8 Å². The lowest BCUT2D eigenvalue weighted by atomic mass is 9.84. The number of aliphatic hydroxyl groups excluding tert-OH is 1. The molecule has 1 aliphatic carbocycles. The number of halogens is 1. The van der Waals surface area contributed by atoms with Gasteiger partial charge in [0.2, 0.25) is 0 Å². The molecule has 11 nitrogen and oxygen atoms in total. The van der Waals surface area contributed by atoms with Crippen LogP contribution in [0.15, 0.2) is 131 Å². The summed E-state index contributed by atoms with van der Waals surface area (Å²) in [7, 11) is -0.481. The molecule has 0 aromatic heterocycles. The molecule has 14 heteroatoms. The van der Waals surface area contributed by atoms with Crippen molar-refractivity contribution < 1.29 is 23.2 Å². The summed E-state index contributed by atoms with van der Waals surface area (Å²) in [4.78, 5) is 29.9. The van der Waals surface area contributed by atoms with Gasteiger partial charge in [-0.25, -0.2) is 13.1 Å². The number of carbonyl (C=O) groups is 1. The summed E-state index contributed by atoms with van der Waals surface area (Å²) in [6.07, 6.45) is 1.66. The first-order valence-electron chi connectivity index (χ1n) is 19.2. The largest absolute Gasteiger partial charge is 0.388 e. The Hall–Kier alpha value is -4.92. The number of thioether (sulfide) groups is 1. The summed E-state index contributed by atoms with van der Waals surface area (Å²) in [5.74, 6) is 0.110. The molecule has 58 heavy (non-hydrogen) atoms. The molecule has 1 saturated heterocycles. The Morgan fingerprint density at radius 1 is 0.966 bits per heavy atom. The second-order valence-electron chi connectivity index (χ2n) is 15.3. The monoisotopic (exact) mass is 839 g/mol. The Labute approximate surface area is 348 Å². The maximum Gasteiger partial charge on any atom is 0.293 e. The number of nitrogens with zero attached hydrogens (tertiary/aromatic N) is 3. The highest BCUT2D eigenvalue weighted by atomic mass is 35.5. The number of benzene rings is 5. The normalized spacial score (nSPS) is 18.8. The minimum absolute atomic E-state index is 0.0501. The molecule has 302 valence electrons. The zero-order valence-corrected chi connectivity index (χ0v) is 34.6. The van der Waals surface area contributed by atoms with Crippen molar-refractivity contribution in [1.82, 2.24) is 9.62 Å². The summed E-state index contributed by atoms with van der Waals surface area (Å²) in [6, 6.07) is 35.8. The Morgan fingerprint density at radius 3 is 2.31 bits per heavy atom. The van der Waals surface area contributed by atoms with Crippen molar-refractivity contribution >= 4 is 56.4 Å². The molecule has 2 fully saturated rings. The van der Waals surface area contributed by atoms with Crippen molar-refractivity contribution in [3.63, 3.8) is 0 Å². The number of carbonyl (C=O) groups excluding carboxylic acids is 1. The molecule has 2 aliphatic rings. The standard InChI is InChI=1S/C44H46ClN5O6S2/c1-48(2)28-33-27-44(33,29-57-36-8-4-3-5-9-36)46-40-21-20-37(26-41(40)50(53)54)58(55,56)47-43(52)32-14-18-35(19-15-32)49-24-22-31(23-25-49)42(51)39-11-7-6-10-38(39)30-12-16-34(45)17-13-30/h3-21,26,31,33,42,46,51H,22-25,27-29H2,1-2H3,(H,47,52)/t33?,42-,44?/m1/s1. The van der Waals surface area contributed by atoms with Crippen LogP contribution in [-0.2, 0) is 10.0 Å². The number of rotatable bonds is 15. The molecular weight excluding hydrogens is 794 g/mol. The molecular formula is C44H46ClN5O6S2. The van der Waals surface area contributed by atoms with Crippen molar-refractivity contribution in [1.29, 1.82) is 0 Å². The molecule has 0 spiro atoms. The van der Waals surface area contributed by atoms with Gasteiger partial charge < -0.3 is 20.2 Å². The van der Waals surface area contributed by atoms with E-state index < -0.39 is 32.5 Å². The number of anilines is 2. The molecule has 1 amide bonds. The van der Waals surface area contributed by atoms with Gasteiger partial charge in [-0.05, 0) is 123 Å². The van der Waals surface area contributed by atoms with E-state index in [1.807, 2.05) is 93.0 Å². The summed E-state index contributed by atoms with van der Waals surface area (Å²) in [6.45, 7) is 2.18. The quantitative estimate of drug-likeness (QED) is 0.0533. The van der Waals surface area contributed by atoms with E-state index in [1.165, 1.54) is 12.1 Å². The van der Waals surface area contributed by atoms with E-state index in [0.29, 0.717) is 23.9 Å². The molecule has 1 saturated carbocycles. The van der Waals surface area contributed by atoms with Crippen molar-refractivity contribution in [2.75, 3.05) is 49.7 Å². The van der Waals surface area contributed by atoms with Crippen LogP contribution in [0.4, 0.5) is 17.1 Å². The smallest absolute Gasteiger partial charge is 0.293 e. The first-order valence-corrected chi connectivity index (χ1v) is 22.0. The molecule has 1 aliphatic heterocycles. The number of nitro groups is 1.